The molecule has 244 valence electrons. The molecule has 0 aliphatic carbocycles. The molecule has 2 saturated heterocycles. The lowest BCUT2D eigenvalue weighted by atomic mass is 9.89. The average Bonchev–Trinajstić information content (AvgIpc) is 3.39. The normalized spacial score (nSPS) is 19.5. The summed E-state index contributed by atoms with van der Waals surface area (Å²) in [4.78, 5) is 4.92. The molecule has 45 heavy (non-hydrogen) atoms. The maximum atomic E-state index is 14.0. The summed E-state index contributed by atoms with van der Waals surface area (Å²) >= 11 is 7.49. The van der Waals surface area contributed by atoms with E-state index < -0.39 is 17.8 Å². The molecule has 0 amide bonds. The van der Waals surface area contributed by atoms with E-state index in [1.165, 1.54) is 29.8 Å². The third-order valence-corrected chi connectivity index (χ3v) is 10.7. The van der Waals surface area contributed by atoms with Gasteiger partial charge >= 0.3 is 6.18 Å². The monoisotopic (exact) mass is 661 g/mol. The van der Waals surface area contributed by atoms with E-state index in [9.17, 15) is 18.3 Å². The number of alkyl halides is 3. The van der Waals surface area contributed by atoms with Gasteiger partial charge in [0.15, 0.2) is 0 Å². The SMILES string of the molecule is OC(CN1CCC(c2cccc(Cl)c2)CC1)Cn1nc(-c2ccc(C(F)(F)F)c(SCCN3CCCCC3)c2)c2c1CCNC2. The van der Waals surface area contributed by atoms with Crippen LogP contribution in [0.3, 0.4) is 0 Å². The van der Waals surface area contributed by atoms with Gasteiger partial charge in [0.2, 0.25) is 0 Å². The number of aromatic nitrogens is 2. The highest BCUT2D eigenvalue weighted by molar-refractivity contribution is 7.99. The van der Waals surface area contributed by atoms with Crippen molar-refractivity contribution in [3.63, 3.8) is 0 Å². The Morgan fingerprint density at radius 1 is 1.00 bits per heavy atom. The molecule has 6 nitrogen and oxygen atoms in total. The highest BCUT2D eigenvalue weighted by Crippen LogP contribution is 2.40. The van der Waals surface area contributed by atoms with Gasteiger partial charge in [-0.3, -0.25) is 4.68 Å². The summed E-state index contributed by atoms with van der Waals surface area (Å²) < 4.78 is 43.9. The Kier molecular flexibility index (Phi) is 10.8. The number of thioether (sulfide) groups is 1. The number of aliphatic hydroxyl groups excluding tert-OH is 1. The average molecular weight is 662 g/mol. The van der Waals surface area contributed by atoms with Crippen molar-refractivity contribution in [1.82, 2.24) is 24.9 Å². The minimum atomic E-state index is -4.42. The minimum absolute atomic E-state index is 0.255. The number of nitrogens with one attached hydrogen (secondary N) is 1. The fourth-order valence-corrected chi connectivity index (χ4v) is 8.38. The standard InChI is InChI=1S/C34H43ClF3N5OS/c35-27-6-4-5-25(19-27)24-10-15-42(16-11-24)22-28(44)23-43-31-9-12-39-21-29(31)33(40-43)26-7-8-30(34(36,37)38)32(20-26)45-18-17-41-13-2-1-3-14-41/h4-8,19-20,24,28,39,44H,1-3,9-18,21-23H2. The predicted octanol–water partition coefficient (Wildman–Crippen LogP) is 6.69. The van der Waals surface area contributed by atoms with E-state index in [2.05, 4.69) is 27.2 Å². The Morgan fingerprint density at radius 2 is 1.80 bits per heavy atom. The Bertz CT molecular complexity index is 1440. The largest absolute Gasteiger partial charge is 0.417 e. The second-order valence-electron chi connectivity index (χ2n) is 12.6. The van der Waals surface area contributed by atoms with Crippen LogP contribution in [0.15, 0.2) is 47.4 Å². The first kappa shape index (κ1) is 32.8. The van der Waals surface area contributed by atoms with Crippen molar-refractivity contribution in [1.29, 1.82) is 0 Å². The molecule has 1 atom stereocenters. The number of benzene rings is 2. The molecule has 0 spiro atoms. The molecule has 2 fully saturated rings. The second kappa shape index (κ2) is 14.8. The zero-order valence-corrected chi connectivity index (χ0v) is 27.2. The molecular weight excluding hydrogens is 619 g/mol. The Morgan fingerprint density at radius 3 is 2.56 bits per heavy atom. The number of fused-ring (bicyclic) bond motifs is 1. The zero-order chi connectivity index (χ0) is 31.4. The van der Waals surface area contributed by atoms with Gasteiger partial charge in [0.05, 0.1) is 23.9 Å². The summed E-state index contributed by atoms with van der Waals surface area (Å²) in [6.07, 6.45) is 1.33. The molecule has 0 bridgehead atoms. The van der Waals surface area contributed by atoms with Crippen LogP contribution in [-0.4, -0.2) is 82.4 Å². The molecule has 1 aromatic heterocycles. The second-order valence-corrected chi connectivity index (χ2v) is 14.2. The maximum Gasteiger partial charge on any atom is 0.417 e. The van der Waals surface area contributed by atoms with E-state index in [-0.39, 0.29) is 4.90 Å². The van der Waals surface area contributed by atoms with Gasteiger partial charge in [-0.2, -0.15) is 18.3 Å². The van der Waals surface area contributed by atoms with Gasteiger partial charge in [-0.1, -0.05) is 36.2 Å². The molecule has 3 aromatic rings. The molecule has 2 aromatic carbocycles. The number of aliphatic hydroxyl groups is 1. The number of likely N-dealkylation sites (tertiary alicyclic amines) is 2. The van der Waals surface area contributed by atoms with E-state index in [1.54, 1.807) is 12.1 Å². The number of β-amino-alcohol motifs (C(OH)–C–C–N with tert-alkyl or cyclic N) is 1. The molecule has 11 heteroatoms. The van der Waals surface area contributed by atoms with Crippen molar-refractivity contribution in [3.8, 4) is 11.3 Å². The van der Waals surface area contributed by atoms with Gasteiger partial charge in [0.25, 0.3) is 0 Å². The Balaban J connectivity index is 1.14. The van der Waals surface area contributed by atoms with Gasteiger partial charge < -0.3 is 20.2 Å². The first-order chi connectivity index (χ1) is 21.7. The van der Waals surface area contributed by atoms with Crippen LogP contribution in [0.4, 0.5) is 13.2 Å². The summed E-state index contributed by atoms with van der Waals surface area (Å²) in [6.45, 7) is 6.97. The molecule has 3 aliphatic rings. The zero-order valence-electron chi connectivity index (χ0n) is 25.7. The summed E-state index contributed by atoms with van der Waals surface area (Å²) in [6, 6.07) is 12.5. The van der Waals surface area contributed by atoms with Gasteiger partial charge in [0, 0.05) is 65.1 Å². The number of piperidine rings is 2. The van der Waals surface area contributed by atoms with Crippen LogP contribution >= 0.6 is 23.4 Å². The topological polar surface area (TPSA) is 56.6 Å². The van der Waals surface area contributed by atoms with Crippen molar-refractivity contribution in [3.05, 3.63) is 69.9 Å². The summed E-state index contributed by atoms with van der Waals surface area (Å²) in [5, 5.41) is 20.3. The molecule has 1 unspecified atom stereocenters. The molecule has 0 radical (unpaired) electrons. The highest BCUT2D eigenvalue weighted by Gasteiger charge is 2.34. The number of rotatable bonds is 10. The Labute approximate surface area is 273 Å². The summed E-state index contributed by atoms with van der Waals surface area (Å²) in [7, 11) is 0. The molecule has 0 saturated carbocycles. The number of hydrogen-bond acceptors (Lipinski definition) is 6. The summed E-state index contributed by atoms with van der Waals surface area (Å²) in [5.41, 5.74) is 4.16. The Hall–Kier alpha value is -2.08. The van der Waals surface area contributed by atoms with Crippen molar-refractivity contribution in [2.45, 2.75) is 74.7 Å². The van der Waals surface area contributed by atoms with Gasteiger partial charge in [0.1, 0.15) is 0 Å². The fraction of sp³-hybridized carbons (Fsp3) is 0.559. The molecule has 4 heterocycles. The highest BCUT2D eigenvalue weighted by atomic mass is 35.5. The predicted molar refractivity (Wildman–Crippen MR) is 175 cm³/mol. The van der Waals surface area contributed by atoms with E-state index in [4.69, 9.17) is 16.7 Å². The lowest BCUT2D eigenvalue weighted by Crippen LogP contribution is -2.40. The molecule has 6 rings (SSSR count). The van der Waals surface area contributed by atoms with Crippen LogP contribution in [0.1, 0.15) is 60.4 Å². The minimum Gasteiger partial charge on any atom is -0.390 e. The summed E-state index contributed by atoms with van der Waals surface area (Å²) in [5.74, 6) is 1.09. The first-order valence-corrected chi connectivity index (χ1v) is 17.6. The van der Waals surface area contributed by atoms with E-state index in [0.29, 0.717) is 42.6 Å². The van der Waals surface area contributed by atoms with Crippen LogP contribution in [0.25, 0.3) is 11.3 Å². The van der Waals surface area contributed by atoms with Crippen LogP contribution in [0.2, 0.25) is 5.02 Å². The van der Waals surface area contributed by atoms with Crippen LogP contribution in [0.5, 0.6) is 0 Å². The molecule has 3 aliphatic heterocycles. The number of hydrogen-bond donors (Lipinski definition) is 2. The van der Waals surface area contributed by atoms with Crippen LogP contribution in [-0.2, 0) is 25.7 Å². The fourth-order valence-electron chi connectivity index (χ4n) is 7.06. The molecular formula is C34H43ClF3N5OS. The number of nitrogens with zero attached hydrogens (tertiary/aromatic N) is 4. The van der Waals surface area contributed by atoms with Crippen molar-refractivity contribution < 1.29 is 18.3 Å². The third-order valence-electron chi connectivity index (χ3n) is 9.44. The molecule has 2 N–H and O–H groups in total. The van der Waals surface area contributed by atoms with E-state index >= 15 is 0 Å². The van der Waals surface area contributed by atoms with Gasteiger partial charge in [-0.05, 0) is 87.6 Å². The first-order valence-electron chi connectivity index (χ1n) is 16.3. The lowest BCUT2D eigenvalue weighted by molar-refractivity contribution is -0.139. The van der Waals surface area contributed by atoms with E-state index in [0.717, 1.165) is 87.7 Å². The van der Waals surface area contributed by atoms with Crippen molar-refractivity contribution in [2.75, 3.05) is 51.6 Å². The lowest BCUT2D eigenvalue weighted by Gasteiger charge is -2.33. The quantitative estimate of drug-likeness (QED) is 0.236. The van der Waals surface area contributed by atoms with E-state index in [1.807, 2.05) is 16.8 Å². The van der Waals surface area contributed by atoms with Gasteiger partial charge in [-0.25, -0.2) is 0 Å². The maximum absolute atomic E-state index is 14.0. The van der Waals surface area contributed by atoms with Crippen molar-refractivity contribution in [2.24, 2.45) is 0 Å². The van der Waals surface area contributed by atoms with Crippen molar-refractivity contribution >= 4 is 23.4 Å². The smallest absolute Gasteiger partial charge is 0.390 e. The third kappa shape index (κ3) is 8.26. The van der Waals surface area contributed by atoms with Crippen LogP contribution < -0.4 is 5.32 Å². The van der Waals surface area contributed by atoms with Crippen LogP contribution in [0, 0.1) is 0 Å². The van der Waals surface area contributed by atoms with Gasteiger partial charge in [-0.15, -0.1) is 11.8 Å². The number of halogens is 4.